The molecule has 1 rings (SSSR count). The smallest absolute Gasteiger partial charge is 0.176 e. The highest BCUT2D eigenvalue weighted by molar-refractivity contribution is 6.31. The van der Waals surface area contributed by atoms with Crippen LogP contribution in [-0.4, -0.2) is 29.8 Å². The van der Waals surface area contributed by atoms with E-state index in [-0.39, 0.29) is 11.8 Å². The SMILES string of the molecule is CC(C)N(CCC#N)CC(=O)c1cccc(Cl)c1. The second kappa shape index (κ2) is 7.15. The number of halogens is 1. The van der Waals surface area contributed by atoms with E-state index in [0.29, 0.717) is 30.1 Å². The van der Waals surface area contributed by atoms with Gasteiger partial charge >= 0.3 is 0 Å². The zero-order valence-electron chi connectivity index (χ0n) is 10.7. The number of carbonyl (C=O) groups is 1. The summed E-state index contributed by atoms with van der Waals surface area (Å²) < 4.78 is 0. The second-order valence-electron chi connectivity index (χ2n) is 4.41. The number of hydrogen-bond donors (Lipinski definition) is 0. The van der Waals surface area contributed by atoms with E-state index in [0.717, 1.165) is 0 Å². The Balaban J connectivity index is 2.69. The van der Waals surface area contributed by atoms with E-state index < -0.39 is 0 Å². The fraction of sp³-hybridized carbons (Fsp3) is 0.429. The number of ketones is 1. The van der Waals surface area contributed by atoms with E-state index in [1.807, 2.05) is 18.7 Å². The summed E-state index contributed by atoms with van der Waals surface area (Å²) >= 11 is 5.86. The molecule has 0 aliphatic heterocycles. The van der Waals surface area contributed by atoms with Gasteiger partial charge in [0.2, 0.25) is 0 Å². The number of nitriles is 1. The number of rotatable bonds is 6. The lowest BCUT2D eigenvalue weighted by Gasteiger charge is -2.24. The molecule has 0 amide bonds. The third kappa shape index (κ3) is 4.48. The Kier molecular flexibility index (Phi) is 5.84. The first-order chi connectivity index (χ1) is 8.54. The monoisotopic (exact) mass is 264 g/mol. The van der Waals surface area contributed by atoms with Crippen LogP contribution in [0.5, 0.6) is 0 Å². The Hall–Kier alpha value is -1.37. The van der Waals surface area contributed by atoms with Crippen LogP contribution in [0, 0.1) is 11.3 Å². The van der Waals surface area contributed by atoms with Crippen LogP contribution in [0.3, 0.4) is 0 Å². The van der Waals surface area contributed by atoms with Crippen molar-refractivity contribution in [1.82, 2.24) is 4.90 Å². The molecule has 18 heavy (non-hydrogen) atoms. The summed E-state index contributed by atoms with van der Waals surface area (Å²) in [5.74, 6) is 0.0316. The molecule has 0 N–H and O–H groups in total. The minimum absolute atomic E-state index is 0.0316. The Morgan fingerprint density at radius 1 is 1.50 bits per heavy atom. The first-order valence-electron chi connectivity index (χ1n) is 5.94. The zero-order valence-corrected chi connectivity index (χ0v) is 11.4. The summed E-state index contributed by atoms with van der Waals surface area (Å²) in [5, 5.41) is 9.17. The molecular weight excluding hydrogens is 248 g/mol. The van der Waals surface area contributed by atoms with Gasteiger partial charge in [-0.15, -0.1) is 0 Å². The van der Waals surface area contributed by atoms with Crippen LogP contribution < -0.4 is 0 Å². The standard InChI is InChI=1S/C14H17ClN2O/c1-11(2)17(8-4-7-16)10-14(18)12-5-3-6-13(15)9-12/h3,5-6,9,11H,4,8,10H2,1-2H3. The molecule has 0 aliphatic carbocycles. The molecule has 3 nitrogen and oxygen atoms in total. The molecular formula is C14H17ClN2O. The highest BCUT2D eigenvalue weighted by Gasteiger charge is 2.15. The summed E-state index contributed by atoms with van der Waals surface area (Å²) in [6.07, 6.45) is 0.432. The maximum absolute atomic E-state index is 12.1. The van der Waals surface area contributed by atoms with Crippen LogP contribution >= 0.6 is 11.6 Å². The third-order valence-corrected chi connectivity index (χ3v) is 2.97. The lowest BCUT2D eigenvalue weighted by Crippen LogP contribution is -2.36. The molecule has 0 atom stereocenters. The van der Waals surface area contributed by atoms with Crippen LogP contribution in [0.2, 0.25) is 5.02 Å². The molecule has 0 radical (unpaired) electrons. The van der Waals surface area contributed by atoms with E-state index in [1.54, 1.807) is 24.3 Å². The third-order valence-electron chi connectivity index (χ3n) is 2.73. The number of Topliss-reactive ketones (excluding diaryl/α,β-unsaturated/α-hetero) is 1. The number of benzene rings is 1. The minimum Gasteiger partial charge on any atom is -0.293 e. The van der Waals surface area contributed by atoms with E-state index in [1.165, 1.54) is 0 Å². The van der Waals surface area contributed by atoms with Crippen molar-refractivity contribution < 1.29 is 4.79 Å². The highest BCUT2D eigenvalue weighted by atomic mass is 35.5. The van der Waals surface area contributed by atoms with Crippen molar-refractivity contribution in [3.05, 3.63) is 34.9 Å². The molecule has 0 unspecified atom stereocenters. The fourth-order valence-corrected chi connectivity index (χ4v) is 1.84. The quantitative estimate of drug-likeness (QED) is 0.742. The van der Waals surface area contributed by atoms with Crippen molar-refractivity contribution >= 4 is 17.4 Å². The van der Waals surface area contributed by atoms with Crippen molar-refractivity contribution in [3.63, 3.8) is 0 Å². The highest BCUT2D eigenvalue weighted by Crippen LogP contribution is 2.12. The summed E-state index contributed by atoms with van der Waals surface area (Å²) in [7, 11) is 0. The molecule has 1 aromatic rings. The van der Waals surface area contributed by atoms with Gasteiger partial charge in [0.05, 0.1) is 12.6 Å². The normalized spacial score (nSPS) is 10.7. The fourth-order valence-electron chi connectivity index (χ4n) is 1.65. The van der Waals surface area contributed by atoms with Gasteiger partial charge in [-0.2, -0.15) is 5.26 Å². The average Bonchev–Trinajstić information content (AvgIpc) is 2.33. The molecule has 0 fully saturated rings. The van der Waals surface area contributed by atoms with Crippen LogP contribution in [0.1, 0.15) is 30.6 Å². The van der Waals surface area contributed by atoms with Gasteiger partial charge < -0.3 is 0 Å². The summed E-state index contributed by atoms with van der Waals surface area (Å²) in [6, 6.07) is 9.29. The zero-order chi connectivity index (χ0) is 13.5. The Morgan fingerprint density at radius 3 is 2.78 bits per heavy atom. The van der Waals surface area contributed by atoms with Crippen molar-refractivity contribution in [2.75, 3.05) is 13.1 Å². The molecule has 0 aromatic heterocycles. The van der Waals surface area contributed by atoms with Crippen LogP contribution in [0.25, 0.3) is 0 Å². The number of nitrogens with zero attached hydrogens (tertiary/aromatic N) is 2. The number of hydrogen-bond acceptors (Lipinski definition) is 3. The summed E-state index contributed by atoms with van der Waals surface area (Å²) in [4.78, 5) is 14.1. The lowest BCUT2D eigenvalue weighted by molar-refractivity contribution is 0.0908. The largest absolute Gasteiger partial charge is 0.293 e. The van der Waals surface area contributed by atoms with Gasteiger partial charge in [0.1, 0.15) is 0 Å². The predicted molar refractivity (Wildman–Crippen MR) is 72.7 cm³/mol. The maximum Gasteiger partial charge on any atom is 0.176 e. The molecule has 0 heterocycles. The first kappa shape index (κ1) is 14.7. The van der Waals surface area contributed by atoms with Gasteiger partial charge in [-0.3, -0.25) is 9.69 Å². The van der Waals surface area contributed by atoms with Gasteiger partial charge in [0, 0.05) is 29.6 Å². The second-order valence-corrected chi connectivity index (χ2v) is 4.84. The van der Waals surface area contributed by atoms with Gasteiger partial charge in [0.25, 0.3) is 0 Å². The molecule has 0 bridgehead atoms. The lowest BCUT2D eigenvalue weighted by atomic mass is 10.1. The Labute approximate surface area is 113 Å². The van der Waals surface area contributed by atoms with Crippen LogP contribution in [0.15, 0.2) is 24.3 Å². The Morgan fingerprint density at radius 2 is 2.22 bits per heavy atom. The minimum atomic E-state index is 0.0316. The summed E-state index contributed by atoms with van der Waals surface area (Å²) in [6.45, 7) is 4.96. The predicted octanol–water partition coefficient (Wildman–Crippen LogP) is 3.15. The summed E-state index contributed by atoms with van der Waals surface area (Å²) in [5.41, 5.74) is 0.616. The van der Waals surface area contributed by atoms with Gasteiger partial charge in [-0.1, -0.05) is 23.7 Å². The van der Waals surface area contributed by atoms with Gasteiger partial charge in [-0.05, 0) is 26.0 Å². The molecule has 4 heteroatoms. The van der Waals surface area contributed by atoms with Crippen LogP contribution in [-0.2, 0) is 0 Å². The maximum atomic E-state index is 12.1. The number of carbonyl (C=O) groups excluding carboxylic acids is 1. The van der Waals surface area contributed by atoms with E-state index >= 15 is 0 Å². The van der Waals surface area contributed by atoms with Crippen LogP contribution in [0.4, 0.5) is 0 Å². The first-order valence-corrected chi connectivity index (χ1v) is 6.32. The van der Waals surface area contributed by atoms with Crippen molar-refractivity contribution in [1.29, 1.82) is 5.26 Å². The molecule has 0 saturated heterocycles. The molecule has 0 aliphatic rings. The molecule has 0 saturated carbocycles. The molecule has 1 aromatic carbocycles. The topological polar surface area (TPSA) is 44.1 Å². The molecule has 96 valence electrons. The van der Waals surface area contributed by atoms with Crippen molar-refractivity contribution in [2.45, 2.75) is 26.3 Å². The van der Waals surface area contributed by atoms with Gasteiger partial charge in [0.15, 0.2) is 5.78 Å². The molecule has 0 spiro atoms. The average molecular weight is 265 g/mol. The van der Waals surface area contributed by atoms with Crippen molar-refractivity contribution in [2.24, 2.45) is 0 Å². The van der Waals surface area contributed by atoms with E-state index in [2.05, 4.69) is 6.07 Å². The van der Waals surface area contributed by atoms with E-state index in [9.17, 15) is 4.79 Å². The van der Waals surface area contributed by atoms with Gasteiger partial charge in [-0.25, -0.2) is 0 Å². The Bertz CT molecular complexity index is 451. The van der Waals surface area contributed by atoms with Crippen molar-refractivity contribution in [3.8, 4) is 6.07 Å². The van der Waals surface area contributed by atoms with E-state index in [4.69, 9.17) is 16.9 Å².